The number of alkyl halides is 3. The van der Waals surface area contributed by atoms with Gasteiger partial charge in [0, 0.05) is 30.2 Å². The molecule has 2 aliphatic rings. The fraction of sp³-hybridized carbons (Fsp3) is 0.517. The highest BCUT2D eigenvalue weighted by molar-refractivity contribution is 7.89. The number of rotatable bonds is 8. The number of hydrogen-bond donors (Lipinski definition) is 2. The Hall–Kier alpha value is -2.54. The van der Waals surface area contributed by atoms with Gasteiger partial charge >= 0.3 is 6.18 Å². The predicted molar refractivity (Wildman–Crippen MR) is 152 cm³/mol. The molecule has 1 aromatic heterocycles. The smallest absolute Gasteiger partial charge is 0.381 e. The van der Waals surface area contributed by atoms with Gasteiger partial charge in [-0.05, 0) is 43.6 Å². The highest BCUT2D eigenvalue weighted by atomic mass is 32.2. The monoisotopic (exact) mass is 609 g/mol. The fourth-order valence-electron chi connectivity index (χ4n) is 5.62. The van der Waals surface area contributed by atoms with Gasteiger partial charge in [0.1, 0.15) is 6.04 Å². The first kappa shape index (κ1) is 29.9. The van der Waals surface area contributed by atoms with Gasteiger partial charge in [-0.3, -0.25) is 4.79 Å². The van der Waals surface area contributed by atoms with Crippen molar-refractivity contribution in [2.45, 2.75) is 81.4 Å². The van der Waals surface area contributed by atoms with Crippen molar-refractivity contribution in [1.29, 1.82) is 0 Å². The Labute approximate surface area is 241 Å². The molecule has 1 aliphatic heterocycles. The number of nitrogens with zero attached hydrogens (tertiary/aromatic N) is 1. The number of fused-ring (bicyclic) bond motifs is 1. The van der Waals surface area contributed by atoms with Crippen LogP contribution in [0.15, 0.2) is 41.3 Å². The van der Waals surface area contributed by atoms with Crippen LogP contribution in [-0.4, -0.2) is 50.8 Å². The summed E-state index contributed by atoms with van der Waals surface area (Å²) in [6.07, 6.45) is 3.14. The van der Waals surface area contributed by atoms with Crippen LogP contribution in [0.5, 0.6) is 0 Å². The summed E-state index contributed by atoms with van der Waals surface area (Å²) >= 11 is 1.27. The molecule has 0 radical (unpaired) electrons. The van der Waals surface area contributed by atoms with Crippen molar-refractivity contribution in [3.05, 3.63) is 47.1 Å². The number of aromatic nitrogens is 1. The van der Waals surface area contributed by atoms with E-state index < -0.39 is 22.2 Å². The first-order chi connectivity index (χ1) is 19.5. The number of amides is 1. The van der Waals surface area contributed by atoms with Crippen LogP contribution in [0, 0.1) is 5.92 Å². The molecule has 41 heavy (non-hydrogen) atoms. The molecule has 1 aliphatic carbocycles. The van der Waals surface area contributed by atoms with Crippen molar-refractivity contribution in [2.75, 3.05) is 13.2 Å². The predicted octanol–water partition coefficient (Wildman–Crippen LogP) is 6.22. The summed E-state index contributed by atoms with van der Waals surface area (Å²) in [5, 5.41) is 4.30. The second kappa shape index (κ2) is 12.4. The van der Waals surface area contributed by atoms with Crippen molar-refractivity contribution in [1.82, 2.24) is 15.0 Å². The van der Waals surface area contributed by atoms with E-state index in [0.29, 0.717) is 46.9 Å². The molecule has 0 bridgehead atoms. The molecule has 1 atom stereocenters. The van der Waals surface area contributed by atoms with Crippen molar-refractivity contribution in [3.63, 3.8) is 0 Å². The van der Waals surface area contributed by atoms with E-state index in [1.807, 2.05) is 0 Å². The van der Waals surface area contributed by atoms with Gasteiger partial charge in [-0.2, -0.15) is 17.9 Å². The van der Waals surface area contributed by atoms with Crippen LogP contribution in [0.3, 0.4) is 0 Å². The van der Waals surface area contributed by atoms with Crippen LogP contribution < -0.4 is 10.0 Å². The van der Waals surface area contributed by atoms with Crippen LogP contribution in [0.2, 0.25) is 0 Å². The molecule has 2 aromatic carbocycles. The third kappa shape index (κ3) is 6.93. The van der Waals surface area contributed by atoms with Gasteiger partial charge in [-0.15, -0.1) is 11.3 Å². The summed E-state index contributed by atoms with van der Waals surface area (Å²) in [6, 6.07) is 7.49. The maximum absolute atomic E-state index is 13.3. The number of carbonyl (C=O) groups excluding carboxylic acids is 1. The first-order valence-corrected chi connectivity index (χ1v) is 16.3. The molecular weight excluding hydrogens is 575 g/mol. The standard InChI is InChI=1S/C29H34F3N3O4S2/c1-18(29(30,31)32)35-41(37,38)25-12-11-23(21-9-5-6-10-22(21)25)26-24(17-19-7-3-2-4-8-19)34-28(40-26)27(36)33-20-13-15-39-16-14-20/h5-6,9-12,18-20,35H,2-4,7-8,13-17H2,1H3,(H,33,36). The highest BCUT2D eigenvalue weighted by Crippen LogP contribution is 2.40. The van der Waals surface area contributed by atoms with Crippen LogP contribution in [-0.2, 0) is 21.2 Å². The van der Waals surface area contributed by atoms with Crippen LogP contribution in [0.4, 0.5) is 13.2 Å². The molecule has 1 unspecified atom stereocenters. The molecule has 1 amide bonds. The lowest BCUT2D eigenvalue weighted by Crippen LogP contribution is -2.43. The zero-order chi connectivity index (χ0) is 29.2. The molecule has 222 valence electrons. The molecule has 3 aromatic rings. The molecule has 12 heteroatoms. The number of hydrogen-bond acceptors (Lipinski definition) is 6. The second-order valence-electron chi connectivity index (χ2n) is 10.9. The van der Waals surface area contributed by atoms with E-state index in [4.69, 9.17) is 9.72 Å². The number of ether oxygens (including phenoxy) is 1. The van der Waals surface area contributed by atoms with Crippen molar-refractivity contribution < 1.29 is 31.1 Å². The summed E-state index contributed by atoms with van der Waals surface area (Å²) in [5.74, 6) is 0.196. The van der Waals surface area contributed by atoms with E-state index in [1.54, 1.807) is 35.1 Å². The van der Waals surface area contributed by atoms with Gasteiger partial charge < -0.3 is 10.1 Å². The van der Waals surface area contributed by atoms with Crippen molar-refractivity contribution in [2.24, 2.45) is 5.92 Å². The summed E-state index contributed by atoms with van der Waals surface area (Å²) in [7, 11) is -4.48. The third-order valence-corrected chi connectivity index (χ3v) is 10.6. The zero-order valence-electron chi connectivity index (χ0n) is 22.8. The van der Waals surface area contributed by atoms with Crippen molar-refractivity contribution >= 4 is 38.0 Å². The molecule has 0 spiro atoms. The number of benzene rings is 2. The Balaban J connectivity index is 1.55. The van der Waals surface area contributed by atoms with Gasteiger partial charge in [0.2, 0.25) is 10.0 Å². The minimum absolute atomic E-state index is 0.0160. The number of sulfonamides is 1. The van der Waals surface area contributed by atoms with Crippen LogP contribution >= 0.6 is 11.3 Å². The minimum Gasteiger partial charge on any atom is -0.381 e. The average molecular weight is 610 g/mol. The number of thiazole rings is 1. The third-order valence-electron chi connectivity index (χ3n) is 7.90. The minimum atomic E-state index is -4.72. The van der Waals surface area contributed by atoms with E-state index in [9.17, 15) is 26.4 Å². The molecule has 7 nitrogen and oxygen atoms in total. The van der Waals surface area contributed by atoms with Gasteiger partial charge in [-0.25, -0.2) is 13.4 Å². The quantitative estimate of drug-likeness (QED) is 0.316. The Morgan fingerprint density at radius 3 is 2.41 bits per heavy atom. The zero-order valence-corrected chi connectivity index (χ0v) is 24.4. The van der Waals surface area contributed by atoms with Gasteiger partial charge in [0.15, 0.2) is 5.01 Å². The van der Waals surface area contributed by atoms with Crippen LogP contribution in [0.25, 0.3) is 21.2 Å². The van der Waals surface area contributed by atoms with E-state index >= 15 is 0 Å². The number of halogens is 3. The molecule has 2 N–H and O–H groups in total. The van der Waals surface area contributed by atoms with Gasteiger partial charge in [-0.1, -0.05) is 62.4 Å². The summed E-state index contributed by atoms with van der Waals surface area (Å²) in [4.78, 5) is 18.6. The SMILES string of the molecule is CC(NS(=O)(=O)c1ccc(-c2sc(C(=O)NC3CCOCC3)nc2CC2CCCCC2)c2ccccc12)C(F)(F)F. The van der Waals surface area contributed by atoms with E-state index in [0.717, 1.165) is 56.0 Å². The maximum atomic E-state index is 13.3. The maximum Gasteiger partial charge on any atom is 0.404 e. The number of nitrogens with one attached hydrogen (secondary N) is 2. The second-order valence-corrected chi connectivity index (χ2v) is 13.6. The topological polar surface area (TPSA) is 97.4 Å². The van der Waals surface area contributed by atoms with Crippen molar-refractivity contribution in [3.8, 4) is 10.4 Å². The molecule has 5 rings (SSSR count). The van der Waals surface area contributed by atoms with E-state index in [2.05, 4.69) is 5.32 Å². The normalized spacial score (nSPS) is 18.4. The lowest BCUT2D eigenvalue weighted by molar-refractivity contribution is -0.147. The first-order valence-electron chi connectivity index (χ1n) is 14.0. The number of carbonyl (C=O) groups is 1. The summed E-state index contributed by atoms with van der Waals surface area (Å²) in [6.45, 7) is 1.97. The summed E-state index contributed by atoms with van der Waals surface area (Å²) < 4.78 is 72.8. The average Bonchev–Trinajstić information content (AvgIpc) is 3.36. The summed E-state index contributed by atoms with van der Waals surface area (Å²) in [5.41, 5.74) is 1.50. The fourth-order valence-corrected chi connectivity index (χ4v) is 8.09. The molecular formula is C29H34F3N3O4S2. The lowest BCUT2D eigenvalue weighted by atomic mass is 9.85. The Morgan fingerprint density at radius 2 is 1.73 bits per heavy atom. The Bertz CT molecular complexity index is 1490. The molecule has 2 fully saturated rings. The Morgan fingerprint density at radius 1 is 1.05 bits per heavy atom. The largest absolute Gasteiger partial charge is 0.404 e. The van der Waals surface area contributed by atoms with E-state index in [1.165, 1.54) is 23.8 Å². The van der Waals surface area contributed by atoms with Crippen LogP contribution in [0.1, 0.15) is 67.4 Å². The van der Waals surface area contributed by atoms with E-state index in [-0.39, 0.29) is 16.8 Å². The molecule has 2 heterocycles. The molecule has 1 saturated heterocycles. The van der Waals surface area contributed by atoms with Gasteiger partial charge in [0.05, 0.1) is 15.5 Å². The Kier molecular flexibility index (Phi) is 9.03. The highest BCUT2D eigenvalue weighted by Gasteiger charge is 2.39. The lowest BCUT2D eigenvalue weighted by Gasteiger charge is -2.22. The molecule has 1 saturated carbocycles. The van der Waals surface area contributed by atoms with Gasteiger partial charge in [0.25, 0.3) is 5.91 Å².